The zero-order chi connectivity index (χ0) is 26.5. The number of rotatable bonds is 0. The molecule has 0 heterocycles. The summed E-state index contributed by atoms with van der Waals surface area (Å²) in [7, 11) is 0. The summed E-state index contributed by atoms with van der Waals surface area (Å²) in [5, 5.41) is 0. The Morgan fingerprint density at radius 1 is 0.611 bits per heavy atom. The molecule has 0 aliphatic heterocycles. The summed E-state index contributed by atoms with van der Waals surface area (Å²) in [5.41, 5.74) is 8.91. The predicted molar refractivity (Wildman–Crippen MR) is 149 cm³/mol. The van der Waals surface area contributed by atoms with Crippen molar-refractivity contribution in [1.82, 2.24) is 0 Å². The van der Waals surface area contributed by atoms with E-state index >= 15 is 0 Å². The van der Waals surface area contributed by atoms with E-state index in [1.165, 1.54) is 33.4 Å². The van der Waals surface area contributed by atoms with Gasteiger partial charge in [0.15, 0.2) is 0 Å². The van der Waals surface area contributed by atoms with Gasteiger partial charge in [0, 0.05) is 0 Å². The molecule has 0 unspecified atom stereocenters. The Balaban J connectivity index is -0.000000173. The number of hydrogen-bond donors (Lipinski definition) is 0. The topological polar surface area (TPSA) is 0 Å². The smallest absolute Gasteiger partial charge is 0.109 e. The molecule has 196 valence electrons. The first kappa shape index (κ1) is 43.7. The minimum atomic E-state index is 0. The quantitative estimate of drug-likeness (QED) is 0.268. The van der Waals surface area contributed by atoms with Crippen LogP contribution in [0.5, 0.6) is 0 Å². The molecule has 0 saturated heterocycles. The average molecular weight is 714 g/mol. The molecule has 4 rings (SSSR count). The van der Waals surface area contributed by atoms with Gasteiger partial charge in [-0.3, -0.25) is 24.3 Å². The van der Waals surface area contributed by atoms with Gasteiger partial charge < -0.3 is 24.8 Å². The van der Waals surface area contributed by atoms with Crippen molar-refractivity contribution in [1.29, 1.82) is 0 Å². The van der Waals surface area contributed by atoms with Gasteiger partial charge in [0.1, 0.15) is 0 Å². The minimum Gasteiger partial charge on any atom is -1.00 e. The van der Waals surface area contributed by atoms with Gasteiger partial charge in [-0.15, -0.1) is 39.5 Å². The molecule has 0 saturated carbocycles. The Labute approximate surface area is 267 Å². The third-order valence-corrected chi connectivity index (χ3v) is 4.81. The SMILES string of the molecule is CC1=[C-]CC(C)=C1C.CC1=[C-]CC(C)=C1C.C[Si](C)=[Zr+2].C[Si](C)=[Zr+2].[C-]1=CC=CC1.[C-]1=CC=CC1.[Cl-].[Cl-]. The molecule has 0 aromatic rings. The molecular weight excluding hydrogens is 670 g/mol. The van der Waals surface area contributed by atoms with E-state index in [0.29, 0.717) is 0 Å². The van der Waals surface area contributed by atoms with Gasteiger partial charge in [0.2, 0.25) is 0 Å². The standard InChI is InChI=1S/2C8H11.2C5H5.2C2H6Si.2ClH.2Zr/c2*1-6-4-5-7(2)8(6)3;2*1-2-4-5-3-1;2*1-3-2;;;;/h2*4H2,1-3H3;2*1-3H,4H2;2*1-2H3;2*1H;;/q4*-1;;;;;2*+2/p-2. The fraction of sp³-hybridized carbons (Fsp3) is 0.467. The van der Waals surface area contributed by atoms with Crippen LogP contribution in [0, 0.1) is 24.3 Å². The van der Waals surface area contributed by atoms with Crippen molar-refractivity contribution in [2.75, 3.05) is 0 Å². The molecule has 0 aromatic carbocycles. The Morgan fingerprint density at radius 3 is 0.944 bits per heavy atom. The van der Waals surface area contributed by atoms with Crippen molar-refractivity contribution < 1.29 is 71.5 Å². The van der Waals surface area contributed by atoms with E-state index < -0.39 is 0 Å². The summed E-state index contributed by atoms with van der Waals surface area (Å²) >= 11 is 3.48. The van der Waals surface area contributed by atoms with Crippen LogP contribution in [0.25, 0.3) is 0 Å². The van der Waals surface area contributed by atoms with Crippen molar-refractivity contribution in [3.8, 4) is 0 Å². The maximum absolute atomic E-state index is 3.26. The molecule has 0 spiro atoms. The van der Waals surface area contributed by atoms with E-state index in [0.717, 1.165) is 25.7 Å². The van der Waals surface area contributed by atoms with Gasteiger partial charge in [0.05, 0.1) is 0 Å². The molecular formula is C30H44Cl2Si2Zr2-2. The van der Waals surface area contributed by atoms with Gasteiger partial charge in [-0.1, -0.05) is 27.7 Å². The van der Waals surface area contributed by atoms with E-state index in [1.54, 1.807) is 46.7 Å². The van der Waals surface area contributed by atoms with E-state index in [-0.39, 0.29) is 35.7 Å². The fourth-order valence-corrected chi connectivity index (χ4v) is 2.38. The minimum absolute atomic E-state index is 0. The predicted octanol–water partition coefficient (Wildman–Crippen LogP) is 3.14. The van der Waals surface area contributed by atoms with E-state index in [9.17, 15) is 0 Å². The fourth-order valence-electron chi connectivity index (χ4n) is 2.38. The summed E-state index contributed by atoms with van der Waals surface area (Å²) < 4.78 is 0. The summed E-state index contributed by atoms with van der Waals surface area (Å²) in [6.07, 6.45) is 28.6. The van der Waals surface area contributed by atoms with Crippen LogP contribution in [0.4, 0.5) is 0 Å². The van der Waals surface area contributed by atoms with Crippen LogP contribution in [0.2, 0.25) is 26.2 Å². The molecule has 0 fully saturated rings. The molecule has 0 nitrogen and oxygen atoms in total. The number of hydrogen-bond acceptors (Lipinski definition) is 0. The third-order valence-electron chi connectivity index (χ3n) is 4.81. The second kappa shape index (κ2) is 28.7. The molecule has 36 heavy (non-hydrogen) atoms. The van der Waals surface area contributed by atoms with Crippen molar-refractivity contribution in [3.05, 3.63) is 94.2 Å². The Morgan fingerprint density at radius 2 is 0.889 bits per heavy atom. The van der Waals surface area contributed by atoms with Crippen LogP contribution >= 0.6 is 0 Å². The van der Waals surface area contributed by atoms with E-state index in [1.807, 2.05) is 24.3 Å². The van der Waals surface area contributed by atoms with Crippen molar-refractivity contribution in [2.24, 2.45) is 0 Å². The van der Waals surface area contributed by atoms with Gasteiger partial charge in [-0.25, -0.2) is 35.5 Å². The normalized spacial score (nSPS) is 15.2. The van der Waals surface area contributed by atoms with Gasteiger partial charge in [0.25, 0.3) is 0 Å². The first-order valence-corrected chi connectivity index (χ1v) is 24.2. The second-order valence-electron chi connectivity index (χ2n) is 8.77. The van der Waals surface area contributed by atoms with Crippen LogP contribution < -0.4 is 24.8 Å². The maximum Gasteiger partial charge on any atom is -0.109 e. The molecule has 0 radical (unpaired) electrons. The molecule has 0 N–H and O–H groups in total. The van der Waals surface area contributed by atoms with Crippen LogP contribution in [0.3, 0.4) is 0 Å². The summed E-state index contributed by atoms with van der Waals surface area (Å²) in [4.78, 5) is 0. The number of halogens is 2. The maximum atomic E-state index is 3.26. The molecule has 0 atom stereocenters. The van der Waals surface area contributed by atoms with Crippen LogP contribution in [-0.4, -0.2) is 10.9 Å². The molecule has 0 amide bonds. The van der Waals surface area contributed by atoms with Gasteiger partial charge in [-0.2, -0.15) is 34.4 Å². The van der Waals surface area contributed by atoms with Crippen molar-refractivity contribution in [2.45, 2.75) is 93.4 Å². The van der Waals surface area contributed by atoms with Gasteiger partial charge >= 0.3 is 83.7 Å². The molecule has 4 aliphatic rings. The Kier molecular flexibility index (Phi) is 34.9. The second-order valence-corrected chi connectivity index (χ2v) is 27.5. The summed E-state index contributed by atoms with van der Waals surface area (Å²) in [6, 6.07) is 0. The van der Waals surface area contributed by atoms with Gasteiger partial charge in [-0.05, 0) is 0 Å². The van der Waals surface area contributed by atoms with E-state index in [2.05, 4.69) is 104 Å². The monoisotopic (exact) mass is 710 g/mol. The molecule has 0 bridgehead atoms. The van der Waals surface area contributed by atoms with Crippen LogP contribution in [0.1, 0.15) is 67.2 Å². The summed E-state index contributed by atoms with van der Waals surface area (Å²) in [5.74, 6) is 0. The molecule has 0 aromatic heterocycles. The van der Waals surface area contributed by atoms with Crippen LogP contribution in [0.15, 0.2) is 69.9 Å². The first-order chi connectivity index (χ1) is 15.9. The molecule has 4 aliphatic carbocycles. The van der Waals surface area contributed by atoms with Crippen molar-refractivity contribution >= 4 is 10.9 Å². The Bertz CT molecular complexity index is 787. The summed E-state index contributed by atoms with van der Waals surface area (Å²) in [6.45, 7) is 22.1. The molecule has 6 heteroatoms. The Hall–Kier alpha value is 0.700. The van der Waals surface area contributed by atoms with Crippen LogP contribution in [-0.2, 0) is 46.7 Å². The zero-order valence-electron chi connectivity index (χ0n) is 24.0. The first-order valence-electron chi connectivity index (χ1n) is 11.8. The number of allylic oxidation sites excluding steroid dienone is 16. The van der Waals surface area contributed by atoms with Crippen molar-refractivity contribution in [3.63, 3.8) is 0 Å². The van der Waals surface area contributed by atoms with E-state index in [4.69, 9.17) is 0 Å². The average Bonchev–Trinajstić information content (AvgIpc) is 3.57. The zero-order valence-corrected chi connectivity index (χ0v) is 32.5. The third kappa shape index (κ3) is 29.3. The largest absolute Gasteiger partial charge is 1.00 e.